The summed E-state index contributed by atoms with van der Waals surface area (Å²) in [5, 5.41) is 8.93. The van der Waals surface area contributed by atoms with Crippen molar-refractivity contribution in [2.75, 3.05) is 19.8 Å². The van der Waals surface area contributed by atoms with Crippen molar-refractivity contribution in [2.45, 2.75) is 31.7 Å². The summed E-state index contributed by atoms with van der Waals surface area (Å²) in [6.45, 7) is 5.83. The van der Waals surface area contributed by atoms with Gasteiger partial charge in [-0.05, 0) is 32.9 Å². The Balaban J connectivity index is 3.10. The zero-order chi connectivity index (χ0) is 15.2. The zero-order valence-electron chi connectivity index (χ0n) is 11.9. The molecule has 6 nitrogen and oxygen atoms in total. The van der Waals surface area contributed by atoms with Gasteiger partial charge in [0.05, 0.1) is 24.7 Å². The van der Waals surface area contributed by atoms with Crippen molar-refractivity contribution in [1.82, 2.24) is 4.72 Å². The molecule has 0 radical (unpaired) electrons. The third-order valence-electron chi connectivity index (χ3n) is 2.46. The van der Waals surface area contributed by atoms with Gasteiger partial charge in [0, 0.05) is 12.1 Å². The Hall–Kier alpha value is -1.31. The first kappa shape index (κ1) is 16.7. The molecular formula is C13H21NO5S. The topological polar surface area (TPSA) is 84.9 Å². The number of benzene rings is 1. The molecule has 1 aromatic carbocycles. The highest BCUT2D eigenvalue weighted by molar-refractivity contribution is 7.89. The third kappa shape index (κ3) is 4.36. The molecular weight excluding hydrogens is 282 g/mol. The Morgan fingerprint density at radius 2 is 1.80 bits per heavy atom. The molecule has 0 unspecified atom stereocenters. The maximum Gasteiger partial charge on any atom is 0.241 e. The minimum atomic E-state index is -3.69. The molecule has 20 heavy (non-hydrogen) atoms. The van der Waals surface area contributed by atoms with Crippen molar-refractivity contribution in [1.29, 1.82) is 0 Å². The van der Waals surface area contributed by atoms with Gasteiger partial charge >= 0.3 is 0 Å². The SMILES string of the molecule is CCOc1ccc(S(=O)(=O)N[C@@H](C)CO)cc1OCC. The van der Waals surface area contributed by atoms with Crippen LogP contribution in [0.2, 0.25) is 0 Å². The third-order valence-corrected chi connectivity index (χ3v) is 4.04. The fraction of sp³-hybridized carbons (Fsp3) is 0.538. The first-order chi connectivity index (χ1) is 9.44. The zero-order valence-corrected chi connectivity index (χ0v) is 12.7. The van der Waals surface area contributed by atoms with Crippen molar-refractivity contribution >= 4 is 10.0 Å². The van der Waals surface area contributed by atoms with Crippen LogP contribution in [0.1, 0.15) is 20.8 Å². The molecule has 0 saturated heterocycles. The van der Waals surface area contributed by atoms with E-state index in [4.69, 9.17) is 14.6 Å². The summed E-state index contributed by atoms with van der Waals surface area (Å²) < 4.78 is 37.4. The molecule has 7 heteroatoms. The van der Waals surface area contributed by atoms with Crippen molar-refractivity contribution < 1.29 is 23.0 Å². The highest BCUT2D eigenvalue weighted by atomic mass is 32.2. The molecule has 1 rings (SSSR count). The van der Waals surface area contributed by atoms with E-state index in [1.54, 1.807) is 13.0 Å². The summed E-state index contributed by atoms with van der Waals surface area (Å²) >= 11 is 0. The van der Waals surface area contributed by atoms with Gasteiger partial charge in [-0.25, -0.2) is 13.1 Å². The summed E-state index contributed by atoms with van der Waals surface area (Å²) in [6.07, 6.45) is 0. The van der Waals surface area contributed by atoms with E-state index < -0.39 is 16.1 Å². The monoisotopic (exact) mass is 303 g/mol. The first-order valence-electron chi connectivity index (χ1n) is 6.47. The van der Waals surface area contributed by atoms with E-state index in [1.165, 1.54) is 12.1 Å². The second kappa shape index (κ2) is 7.47. The lowest BCUT2D eigenvalue weighted by Crippen LogP contribution is -2.35. The molecule has 0 amide bonds. The van der Waals surface area contributed by atoms with E-state index in [-0.39, 0.29) is 11.5 Å². The predicted molar refractivity (Wildman–Crippen MR) is 75.6 cm³/mol. The van der Waals surface area contributed by atoms with Crippen LogP contribution in [0.4, 0.5) is 0 Å². The summed E-state index contributed by atoms with van der Waals surface area (Å²) in [6, 6.07) is 3.87. The van der Waals surface area contributed by atoms with E-state index in [1.807, 2.05) is 13.8 Å². The van der Waals surface area contributed by atoms with Crippen molar-refractivity contribution in [3.63, 3.8) is 0 Å². The number of rotatable bonds is 8. The van der Waals surface area contributed by atoms with E-state index in [2.05, 4.69) is 4.72 Å². The molecule has 1 atom stereocenters. The first-order valence-corrected chi connectivity index (χ1v) is 7.95. The number of hydrogen-bond acceptors (Lipinski definition) is 5. The number of sulfonamides is 1. The number of aliphatic hydroxyl groups is 1. The Kier molecular flexibility index (Phi) is 6.25. The fourth-order valence-corrected chi connectivity index (χ4v) is 2.82. The molecule has 0 spiro atoms. The molecule has 0 heterocycles. The average Bonchev–Trinajstić information content (AvgIpc) is 2.40. The highest BCUT2D eigenvalue weighted by Gasteiger charge is 2.19. The molecule has 0 aromatic heterocycles. The maximum atomic E-state index is 12.1. The van der Waals surface area contributed by atoms with E-state index in [9.17, 15) is 8.42 Å². The number of nitrogens with one attached hydrogen (secondary N) is 1. The summed E-state index contributed by atoms with van der Waals surface area (Å²) in [5.41, 5.74) is 0. The Labute approximate surface area is 119 Å². The molecule has 2 N–H and O–H groups in total. The van der Waals surface area contributed by atoms with Crippen LogP contribution in [-0.2, 0) is 10.0 Å². The van der Waals surface area contributed by atoms with Crippen molar-refractivity contribution in [2.24, 2.45) is 0 Å². The Bertz CT molecular complexity index is 530. The van der Waals surface area contributed by atoms with Crippen LogP contribution < -0.4 is 14.2 Å². The lowest BCUT2D eigenvalue weighted by atomic mass is 10.3. The summed E-state index contributed by atoms with van der Waals surface area (Å²) in [7, 11) is -3.69. The molecule has 0 fully saturated rings. The number of ether oxygens (including phenoxy) is 2. The van der Waals surface area contributed by atoms with Gasteiger partial charge in [-0.1, -0.05) is 0 Å². The molecule has 0 aliphatic rings. The molecule has 0 bridgehead atoms. The van der Waals surface area contributed by atoms with Gasteiger partial charge < -0.3 is 14.6 Å². The van der Waals surface area contributed by atoms with Crippen LogP contribution in [0, 0.1) is 0 Å². The normalized spacial score (nSPS) is 13.0. The minimum Gasteiger partial charge on any atom is -0.490 e. The lowest BCUT2D eigenvalue weighted by molar-refractivity contribution is 0.265. The van der Waals surface area contributed by atoms with Crippen LogP contribution in [0.3, 0.4) is 0 Å². The predicted octanol–water partition coefficient (Wildman–Crippen LogP) is 1.14. The molecule has 0 aliphatic carbocycles. The van der Waals surface area contributed by atoms with Gasteiger partial charge in [0.25, 0.3) is 0 Å². The van der Waals surface area contributed by atoms with Crippen LogP contribution in [0.5, 0.6) is 11.5 Å². The van der Waals surface area contributed by atoms with Gasteiger partial charge in [0.1, 0.15) is 0 Å². The van der Waals surface area contributed by atoms with Crippen LogP contribution >= 0.6 is 0 Å². The van der Waals surface area contributed by atoms with Crippen LogP contribution in [0.15, 0.2) is 23.1 Å². The van der Waals surface area contributed by atoms with Gasteiger partial charge in [-0.2, -0.15) is 0 Å². The van der Waals surface area contributed by atoms with E-state index >= 15 is 0 Å². The quantitative estimate of drug-likeness (QED) is 0.752. The average molecular weight is 303 g/mol. The second-order valence-corrected chi connectivity index (χ2v) is 5.89. The number of hydrogen-bond donors (Lipinski definition) is 2. The minimum absolute atomic E-state index is 0.0738. The van der Waals surface area contributed by atoms with Crippen LogP contribution in [-0.4, -0.2) is 39.4 Å². The largest absolute Gasteiger partial charge is 0.490 e. The van der Waals surface area contributed by atoms with Gasteiger partial charge in [0.2, 0.25) is 10.0 Å². The summed E-state index contributed by atoms with van der Waals surface area (Å²) in [5.74, 6) is 0.886. The standard InChI is InChI=1S/C13H21NO5S/c1-4-18-12-7-6-11(8-13(12)19-5-2)20(16,17)14-10(3)9-15/h6-8,10,14-15H,4-5,9H2,1-3H3/t10-/m0/s1. The maximum absolute atomic E-state index is 12.1. The molecule has 1 aromatic rings. The Morgan fingerprint density at radius 1 is 1.20 bits per heavy atom. The highest BCUT2D eigenvalue weighted by Crippen LogP contribution is 2.30. The van der Waals surface area contributed by atoms with E-state index in [0.717, 1.165) is 0 Å². The van der Waals surface area contributed by atoms with Gasteiger partial charge in [0.15, 0.2) is 11.5 Å². The van der Waals surface area contributed by atoms with Crippen molar-refractivity contribution in [3.8, 4) is 11.5 Å². The lowest BCUT2D eigenvalue weighted by Gasteiger charge is -2.14. The summed E-state index contributed by atoms with van der Waals surface area (Å²) in [4.78, 5) is 0.0738. The fourth-order valence-electron chi connectivity index (χ4n) is 1.57. The molecule has 114 valence electrons. The van der Waals surface area contributed by atoms with Gasteiger partial charge in [-0.3, -0.25) is 0 Å². The second-order valence-electron chi connectivity index (χ2n) is 4.18. The van der Waals surface area contributed by atoms with Crippen molar-refractivity contribution in [3.05, 3.63) is 18.2 Å². The molecule has 0 aliphatic heterocycles. The smallest absolute Gasteiger partial charge is 0.241 e. The van der Waals surface area contributed by atoms with Crippen LogP contribution in [0.25, 0.3) is 0 Å². The molecule has 0 saturated carbocycles. The Morgan fingerprint density at radius 3 is 2.35 bits per heavy atom. The number of aliphatic hydroxyl groups excluding tert-OH is 1. The van der Waals surface area contributed by atoms with E-state index in [0.29, 0.717) is 24.7 Å². The van der Waals surface area contributed by atoms with Gasteiger partial charge in [-0.15, -0.1) is 0 Å².